The van der Waals surface area contributed by atoms with E-state index >= 15 is 0 Å². The van der Waals surface area contributed by atoms with E-state index in [4.69, 9.17) is 0 Å². The number of ether oxygens (including phenoxy) is 1. The predicted octanol–water partition coefficient (Wildman–Crippen LogP) is 3.24. The van der Waals surface area contributed by atoms with E-state index < -0.39 is 12.3 Å². The Hall–Kier alpha value is -2.25. The molecule has 8 heteroatoms. The van der Waals surface area contributed by atoms with Crippen LogP contribution in [0, 0.1) is 5.92 Å². The second-order valence-electron chi connectivity index (χ2n) is 6.29. The van der Waals surface area contributed by atoms with Crippen molar-refractivity contribution in [3.63, 3.8) is 0 Å². The van der Waals surface area contributed by atoms with E-state index in [1.165, 1.54) is 18.2 Å². The van der Waals surface area contributed by atoms with Crippen molar-refractivity contribution in [3.05, 3.63) is 29.8 Å². The van der Waals surface area contributed by atoms with Crippen LogP contribution in [0.3, 0.4) is 0 Å². The second kappa shape index (κ2) is 8.42. The Bertz CT molecular complexity index is 645. The molecule has 1 atom stereocenters. The SMILES string of the molecule is CCC(CC)N1CC(C(=O)NCc2ccccc2OC(F)(F)F)CC1=O. The van der Waals surface area contributed by atoms with Crippen molar-refractivity contribution in [2.45, 2.75) is 52.1 Å². The van der Waals surface area contributed by atoms with Gasteiger partial charge in [-0.05, 0) is 18.9 Å². The molecule has 2 amide bonds. The average molecular weight is 372 g/mol. The van der Waals surface area contributed by atoms with Crippen LogP contribution in [0.15, 0.2) is 24.3 Å². The highest BCUT2D eigenvalue weighted by Crippen LogP contribution is 2.27. The minimum atomic E-state index is -4.80. The molecule has 1 saturated heterocycles. The van der Waals surface area contributed by atoms with Gasteiger partial charge in [0.15, 0.2) is 0 Å². The minimum absolute atomic E-state index is 0.0559. The van der Waals surface area contributed by atoms with E-state index in [0.29, 0.717) is 6.54 Å². The van der Waals surface area contributed by atoms with Gasteiger partial charge in [-0.25, -0.2) is 0 Å². The van der Waals surface area contributed by atoms with Crippen LogP contribution in [0.4, 0.5) is 13.2 Å². The first-order chi connectivity index (χ1) is 12.2. The van der Waals surface area contributed by atoms with Crippen molar-refractivity contribution >= 4 is 11.8 Å². The summed E-state index contributed by atoms with van der Waals surface area (Å²) in [4.78, 5) is 26.2. The third-order valence-corrected chi connectivity index (χ3v) is 4.56. The largest absolute Gasteiger partial charge is 0.573 e. The van der Waals surface area contributed by atoms with Crippen LogP contribution in [0.1, 0.15) is 38.7 Å². The Balaban J connectivity index is 1.97. The van der Waals surface area contributed by atoms with Gasteiger partial charge in [0.1, 0.15) is 5.75 Å². The number of likely N-dealkylation sites (tertiary alicyclic amines) is 1. The summed E-state index contributed by atoms with van der Waals surface area (Å²) < 4.78 is 41.3. The molecular weight excluding hydrogens is 349 g/mol. The quantitative estimate of drug-likeness (QED) is 0.799. The molecule has 144 valence electrons. The average Bonchev–Trinajstić information content (AvgIpc) is 2.95. The lowest BCUT2D eigenvalue weighted by Crippen LogP contribution is -2.37. The number of para-hydroxylation sites is 1. The molecule has 0 bridgehead atoms. The van der Waals surface area contributed by atoms with Gasteiger partial charge in [-0.2, -0.15) is 0 Å². The summed E-state index contributed by atoms with van der Waals surface area (Å²) >= 11 is 0. The number of hydrogen-bond acceptors (Lipinski definition) is 3. The van der Waals surface area contributed by atoms with Gasteiger partial charge in [0.25, 0.3) is 0 Å². The monoisotopic (exact) mass is 372 g/mol. The van der Waals surface area contributed by atoms with Gasteiger partial charge in [0.2, 0.25) is 11.8 Å². The zero-order valence-electron chi connectivity index (χ0n) is 14.8. The summed E-state index contributed by atoms with van der Waals surface area (Å²) in [6, 6.07) is 5.76. The zero-order valence-corrected chi connectivity index (χ0v) is 14.8. The van der Waals surface area contributed by atoms with E-state index in [0.717, 1.165) is 12.8 Å². The fourth-order valence-electron chi connectivity index (χ4n) is 3.19. The van der Waals surface area contributed by atoms with Gasteiger partial charge < -0.3 is 15.0 Å². The number of carbonyl (C=O) groups excluding carboxylic acids is 2. The predicted molar refractivity (Wildman–Crippen MR) is 89.2 cm³/mol. The number of nitrogens with one attached hydrogen (secondary N) is 1. The van der Waals surface area contributed by atoms with Crippen LogP contribution >= 0.6 is 0 Å². The van der Waals surface area contributed by atoms with Crippen molar-refractivity contribution in [2.24, 2.45) is 5.92 Å². The Morgan fingerprint density at radius 3 is 2.58 bits per heavy atom. The van der Waals surface area contributed by atoms with Crippen LogP contribution in [0.25, 0.3) is 0 Å². The number of alkyl halides is 3. The van der Waals surface area contributed by atoms with E-state index in [1.54, 1.807) is 11.0 Å². The van der Waals surface area contributed by atoms with Crippen molar-refractivity contribution < 1.29 is 27.5 Å². The molecule has 1 unspecified atom stereocenters. The number of nitrogens with zero attached hydrogens (tertiary/aromatic N) is 1. The number of hydrogen-bond donors (Lipinski definition) is 1. The number of halogens is 3. The number of benzene rings is 1. The molecular formula is C18H23F3N2O3. The molecule has 1 aromatic carbocycles. The molecule has 0 aliphatic carbocycles. The van der Waals surface area contributed by atoms with Gasteiger partial charge in [-0.1, -0.05) is 32.0 Å². The number of amides is 2. The Kier molecular flexibility index (Phi) is 6.50. The Labute approximate surface area is 150 Å². The van der Waals surface area contributed by atoms with Crippen LogP contribution in [0.2, 0.25) is 0 Å². The molecule has 1 aromatic rings. The van der Waals surface area contributed by atoms with E-state index in [9.17, 15) is 22.8 Å². The Morgan fingerprint density at radius 2 is 1.96 bits per heavy atom. The lowest BCUT2D eigenvalue weighted by molar-refractivity contribution is -0.274. The highest BCUT2D eigenvalue weighted by Gasteiger charge is 2.37. The van der Waals surface area contributed by atoms with Crippen LogP contribution < -0.4 is 10.1 Å². The first-order valence-electron chi connectivity index (χ1n) is 8.66. The maximum absolute atomic E-state index is 12.4. The molecule has 2 rings (SSSR count). The molecule has 0 aromatic heterocycles. The molecule has 0 radical (unpaired) electrons. The molecule has 1 heterocycles. The van der Waals surface area contributed by atoms with Crippen molar-refractivity contribution in [2.75, 3.05) is 6.54 Å². The Morgan fingerprint density at radius 1 is 1.31 bits per heavy atom. The standard InChI is InChI=1S/C18H23F3N2O3/c1-3-14(4-2)23-11-13(9-16(23)24)17(25)22-10-12-7-5-6-8-15(12)26-18(19,20)21/h5-8,13-14H,3-4,9-11H2,1-2H3,(H,22,25). The van der Waals surface area contributed by atoms with Crippen molar-refractivity contribution in [3.8, 4) is 5.75 Å². The molecule has 1 fully saturated rings. The maximum Gasteiger partial charge on any atom is 0.573 e. The first-order valence-corrected chi connectivity index (χ1v) is 8.66. The van der Waals surface area contributed by atoms with Gasteiger partial charge in [-0.15, -0.1) is 13.2 Å². The smallest absolute Gasteiger partial charge is 0.405 e. The third-order valence-electron chi connectivity index (χ3n) is 4.56. The van der Waals surface area contributed by atoms with Gasteiger partial charge >= 0.3 is 6.36 Å². The molecule has 26 heavy (non-hydrogen) atoms. The topological polar surface area (TPSA) is 58.6 Å². The summed E-state index contributed by atoms with van der Waals surface area (Å²) in [5, 5.41) is 2.62. The summed E-state index contributed by atoms with van der Waals surface area (Å²) in [6.45, 7) is 4.23. The number of carbonyl (C=O) groups is 2. The van der Waals surface area contributed by atoms with Crippen LogP contribution in [-0.4, -0.2) is 35.7 Å². The summed E-state index contributed by atoms with van der Waals surface area (Å²) in [7, 11) is 0. The molecule has 0 spiro atoms. The molecule has 5 nitrogen and oxygen atoms in total. The lowest BCUT2D eigenvalue weighted by Gasteiger charge is -2.26. The third kappa shape index (κ3) is 5.12. The summed E-state index contributed by atoms with van der Waals surface area (Å²) in [6.07, 6.45) is -3.03. The number of rotatable bonds is 7. The van der Waals surface area contributed by atoms with E-state index in [1.807, 2.05) is 13.8 Å². The molecule has 1 N–H and O–H groups in total. The first kappa shape index (κ1) is 20.1. The summed E-state index contributed by atoms with van der Waals surface area (Å²) in [5.41, 5.74) is 0.222. The molecule has 0 saturated carbocycles. The van der Waals surface area contributed by atoms with Gasteiger partial charge in [0.05, 0.1) is 5.92 Å². The van der Waals surface area contributed by atoms with Gasteiger partial charge in [0, 0.05) is 31.1 Å². The second-order valence-corrected chi connectivity index (χ2v) is 6.29. The lowest BCUT2D eigenvalue weighted by atomic mass is 10.1. The van der Waals surface area contributed by atoms with Crippen molar-refractivity contribution in [1.82, 2.24) is 10.2 Å². The molecule has 1 aliphatic heterocycles. The van der Waals surface area contributed by atoms with E-state index in [2.05, 4.69) is 10.1 Å². The van der Waals surface area contributed by atoms with Crippen LogP contribution in [0.5, 0.6) is 5.75 Å². The fourth-order valence-corrected chi connectivity index (χ4v) is 3.19. The van der Waals surface area contributed by atoms with E-state index in [-0.39, 0.29) is 42.1 Å². The zero-order chi connectivity index (χ0) is 19.3. The van der Waals surface area contributed by atoms with Gasteiger partial charge in [-0.3, -0.25) is 9.59 Å². The highest BCUT2D eigenvalue weighted by molar-refractivity contribution is 5.89. The highest BCUT2D eigenvalue weighted by atomic mass is 19.4. The normalized spacial score (nSPS) is 17.7. The fraction of sp³-hybridized carbons (Fsp3) is 0.556. The minimum Gasteiger partial charge on any atom is -0.405 e. The maximum atomic E-state index is 12.4. The molecule has 1 aliphatic rings. The van der Waals surface area contributed by atoms with Crippen molar-refractivity contribution in [1.29, 1.82) is 0 Å². The van der Waals surface area contributed by atoms with Crippen LogP contribution in [-0.2, 0) is 16.1 Å². The summed E-state index contributed by atoms with van der Waals surface area (Å²) in [5.74, 6) is -1.23.